The molecule has 3 heteroatoms. The number of likely N-dealkylation sites (N-methyl/N-ethyl adjacent to an activating group) is 1. The zero-order chi connectivity index (χ0) is 12.1. The van der Waals surface area contributed by atoms with E-state index in [1.54, 1.807) is 0 Å². The van der Waals surface area contributed by atoms with Crippen LogP contribution in [-0.2, 0) is 19.4 Å². The summed E-state index contributed by atoms with van der Waals surface area (Å²) in [6.07, 6.45) is 9.60. The summed E-state index contributed by atoms with van der Waals surface area (Å²) in [5, 5.41) is 3.58. The number of hydrogen-bond acceptors (Lipinski definition) is 2. The van der Waals surface area contributed by atoms with Crippen molar-refractivity contribution in [1.29, 1.82) is 0 Å². The Morgan fingerprint density at radius 3 is 2.94 bits per heavy atom. The minimum absolute atomic E-state index is 0.602. The van der Waals surface area contributed by atoms with Gasteiger partial charge in [-0.05, 0) is 38.6 Å². The SMILES string of the molecule is CCCC(Cn1cnc2c1CCCC2)NCC. The highest BCUT2D eigenvalue weighted by molar-refractivity contribution is 5.16. The molecule has 0 bridgehead atoms. The Labute approximate surface area is 105 Å². The lowest BCUT2D eigenvalue weighted by molar-refractivity contribution is 0.420. The van der Waals surface area contributed by atoms with Gasteiger partial charge in [-0.1, -0.05) is 20.3 Å². The standard InChI is InChI=1S/C14H25N3/c1-3-7-12(15-4-2)10-17-11-16-13-8-5-6-9-14(13)17/h11-12,15H,3-10H2,1-2H3. The number of rotatable bonds is 6. The first-order valence-electron chi connectivity index (χ1n) is 7.11. The summed E-state index contributed by atoms with van der Waals surface area (Å²) in [5.41, 5.74) is 2.85. The van der Waals surface area contributed by atoms with Gasteiger partial charge in [0, 0.05) is 18.3 Å². The van der Waals surface area contributed by atoms with Gasteiger partial charge >= 0.3 is 0 Å². The molecule has 1 aliphatic carbocycles. The third-order valence-corrected chi connectivity index (χ3v) is 3.66. The van der Waals surface area contributed by atoms with Gasteiger partial charge in [0.25, 0.3) is 0 Å². The van der Waals surface area contributed by atoms with Gasteiger partial charge in [-0.25, -0.2) is 4.98 Å². The zero-order valence-corrected chi connectivity index (χ0v) is 11.2. The van der Waals surface area contributed by atoms with E-state index in [9.17, 15) is 0 Å². The first kappa shape index (κ1) is 12.6. The molecule has 1 aromatic heterocycles. The summed E-state index contributed by atoms with van der Waals surface area (Å²) in [7, 11) is 0. The van der Waals surface area contributed by atoms with Crippen LogP contribution in [0.1, 0.15) is 50.9 Å². The van der Waals surface area contributed by atoms with E-state index in [1.165, 1.54) is 49.9 Å². The Kier molecular flexibility index (Phi) is 4.60. The maximum absolute atomic E-state index is 4.57. The average Bonchev–Trinajstić information content (AvgIpc) is 2.74. The fraction of sp³-hybridized carbons (Fsp3) is 0.786. The van der Waals surface area contributed by atoms with E-state index in [2.05, 4.69) is 35.0 Å². The number of aryl methyl sites for hydroxylation is 1. The summed E-state index contributed by atoms with van der Waals surface area (Å²) >= 11 is 0. The van der Waals surface area contributed by atoms with Crippen molar-refractivity contribution >= 4 is 0 Å². The third kappa shape index (κ3) is 3.09. The van der Waals surface area contributed by atoms with Gasteiger partial charge in [-0.3, -0.25) is 0 Å². The molecule has 17 heavy (non-hydrogen) atoms. The summed E-state index contributed by atoms with van der Waals surface area (Å²) in [5.74, 6) is 0. The number of aromatic nitrogens is 2. The largest absolute Gasteiger partial charge is 0.333 e. The smallest absolute Gasteiger partial charge is 0.0952 e. The predicted molar refractivity (Wildman–Crippen MR) is 71.2 cm³/mol. The molecular formula is C14H25N3. The second kappa shape index (κ2) is 6.20. The Balaban J connectivity index is 2.03. The second-order valence-electron chi connectivity index (χ2n) is 5.04. The first-order chi connectivity index (χ1) is 8.35. The highest BCUT2D eigenvalue weighted by atomic mass is 15.1. The Bertz CT molecular complexity index is 337. The molecule has 0 amide bonds. The molecule has 0 saturated heterocycles. The van der Waals surface area contributed by atoms with Crippen molar-refractivity contribution in [2.45, 2.75) is 65.0 Å². The third-order valence-electron chi connectivity index (χ3n) is 3.66. The van der Waals surface area contributed by atoms with Gasteiger partial charge in [0.2, 0.25) is 0 Å². The van der Waals surface area contributed by atoms with Gasteiger partial charge in [0.05, 0.1) is 12.0 Å². The minimum atomic E-state index is 0.602. The quantitative estimate of drug-likeness (QED) is 0.821. The van der Waals surface area contributed by atoms with Crippen LogP contribution in [0.3, 0.4) is 0 Å². The number of fused-ring (bicyclic) bond motifs is 1. The van der Waals surface area contributed by atoms with Crippen molar-refractivity contribution in [1.82, 2.24) is 14.9 Å². The fourth-order valence-corrected chi connectivity index (χ4v) is 2.82. The molecule has 0 fully saturated rings. The van der Waals surface area contributed by atoms with E-state index in [1.807, 2.05) is 0 Å². The molecule has 1 atom stereocenters. The van der Waals surface area contributed by atoms with Crippen LogP contribution in [0.15, 0.2) is 6.33 Å². The molecule has 0 radical (unpaired) electrons. The Morgan fingerprint density at radius 1 is 1.35 bits per heavy atom. The van der Waals surface area contributed by atoms with Crippen LogP contribution >= 0.6 is 0 Å². The lowest BCUT2D eigenvalue weighted by atomic mass is 10.0. The monoisotopic (exact) mass is 235 g/mol. The van der Waals surface area contributed by atoms with Crippen molar-refractivity contribution < 1.29 is 0 Å². The van der Waals surface area contributed by atoms with Crippen LogP contribution in [-0.4, -0.2) is 22.1 Å². The van der Waals surface area contributed by atoms with Crippen molar-refractivity contribution in [2.24, 2.45) is 0 Å². The predicted octanol–water partition coefficient (Wildman–Crippen LogP) is 2.54. The van der Waals surface area contributed by atoms with Gasteiger partial charge in [-0.15, -0.1) is 0 Å². The number of imidazole rings is 1. The van der Waals surface area contributed by atoms with E-state index in [-0.39, 0.29) is 0 Å². The molecule has 3 nitrogen and oxygen atoms in total. The van der Waals surface area contributed by atoms with Crippen LogP contribution in [0, 0.1) is 0 Å². The summed E-state index contributed by atoms with van der Waals surface area (Å²) in [4.78, 5) is 4.57. The summed E-state index contributed by atoms with van der Waals surface area (Å²) in [6, 6.07) is 0.602. The van der Waals surface area contributed by atoms with Crippen LogP contribution < -0.4 is 5.32 Å². The molecule has 1 heterocycles. The van der Waals surface area contributed by atoms with E-state index in [0.717, 1.165) is 13.1 Å². The maximum Gasteiger partial charge on any atom is 0.0952 e. The highest BCUT2D eigenvalue weighted by Crippen LogP contribution is 2.20. The molecule has 1 unspecified atom stereocenters. The normalized spacial score (nSPS) is 16.8. The maximum atomic E-state index is 4.57. The van der Waals surface area contributed by atoms with Gasteiger partial charge in [0.1, 0.15) is 0 Å². The van der Waals surface area contributed by atoms with Gasteiger partial charge in [0.15, 0.2) is 0 Å². The first-order valence-corrected chi connectivity index (χ1v) is 7.11. The molecule has 0 aliphatic heterocycles. The van der Waals surface area contributed by atoms with E-state index >= 15 is 0 Å². The molecule has 1 aromatic rings. The highest BCUT2D eigenvalue weighted by Gasteiger charge is 2.17. The molecular weight excluding hydrogens is 210 g/mol. The average molecular weight is 235 g/mol. The van der Waals surface area contributed by atoms with Gasteiger partial charge in [-0.2, -0.15) is 0 Å². The summed E-state index contributed by atoms with van der Waals surface area (Å²) < 4.78 is 2.39. The fourth-order valence-electron chi connectivity index (χ4n) is 2.82. The molecule has 1 N–H and O–H groups in total. The topological polar surface area (TPSA) is 29.9 Å². The van der Waals surface area contributed by atoms with E-state index in [4.69, 9.17) is 0 Å². The molecule has 0 saturated carbocycles. The van der Waals surface area contributed by atoms with Gasteiger partial charge < -0.3 is 9.88 Å². The lowest BCUT2D eigenvalue weighted by Crippen LogP contribution is -2.33. The molecule has 0 aromatic carbocycles. The van der Waals surface area contributed by atoms with Crippen LogP contribution in [0.2, 0.25) is 0 Å². The summed E-state index contributed by atoms with van der Waals surface area (Å²) in [6.45, 7) is 6.59. The van der Waals surface area contributed by atoms with Crippen LogP contribution in [0.4, 0.5) is 0 Å². The van der Waals surface area contributed by atoms with Crippen molar-refractivity contribution in [3.05, 3.63) is 17.7 Å². The molecule has 2 rings (SSSR count). The number of nitrogens with one attached hydrogen (secondary N) is 1. The van der Waals surface area contributed by atoms with E-state index < -0.39 is 0 Å². The Hall–Kier alpha value is -0.830. The molecule has 1 aliphatic rings. The number of nitrogens with zero attached hydrogens (tertiary/aromatic N) is 2. The lowest BCUT2D eigenvalue weighted by Gasteiger charge is -2.20. The minimum Gasteiger partial charge on any atom is -0.333 e. The van der Waals surface area contributed by atoms with Crippen molar-refractivity contribution in [3.63, 3.8) is 0 Å². The molecule has 0 spiro atoms. The second-order valence-corrected chi connectivity index (χ2v) is 5.04. The van der Waals surface area contributed by atoms with E-state index in [0.29, 0.717) is 6.04 Å². The molecule has 96 valence electrons. The zero-order valence-electron chi connectivity index (χ0n) is 11.2. The number of hydrogen-bond donors (Lipinski definition) is 1. The van der Waals surface area contributed by atoms with Crippen molar-refractivity contribution in [3.8, 4) is 0 Å². The Morgan fingerprint density at radius 2 is 2.18 bits per heavy atom. The van der Waals surface area contributed by atoms with Crippen LogP contribution in [0.25, 0.3) is 0 Å². The van der Waals surface area contributed by atoms with Crippen molar-refractivity contribution in [2.75, 3.05) is 6.54 Å². The van der Waals surface area contributed by atoms with Crippen LogP contribution in [0.5, 0.6) is 0 Å².